The number of nitrogens with one attached hydrogen (secondary N) is 1. The Labute approximate surface area is 168 Å². The van der Waals surface area contributed by atoms with Gasteiger partial charge in [-0.25, -0.2) is 4.79 Å². The van der Waals surface area contributed by atoms with E-state index in [0.29, 0.717) is 22.9 Å². The summed E-state index contributed by atoms with van der Waals surface area (Å²) < 4.78 is 10.8. The van der Waals surface area contributed by atoms with Crippen molar-refractivity contribution < 1.29 is 19.1 Å². The molecule has 5 nitrogen and oxygen atoms in total. The molecular weight excluding hydrogens is 389 g/mol. The maximum Gasteiger partial charge on any atom is 0.334 e. The molecule has 0 aliphatic heterocycles. The van der Waals surface area contributed by atoms with Gasteiger partial charge in [-0.05, 0) is 37.1 Å². The quantitative estimate of drug-likeness (QED) is 0.529. The number of para-hydroxylation sites is 1. The van der Waals surface area contributed by atoms with Crippen molar-refractivity contribution in [2.24, 2.45) is 5.92 Å². The van der Waals surface area contributed by atoms with Gasteiger partial charge in [-0.3, -0.25) is 4.79 Å². The fourth-order valence-corrected chi connectivity index (χ4v) is 2.70. The lowest BCUT2D eigenvalue weighted by Crippen LogP contribution is -2.46. The van der Waals surface area contributed by atoms with Gasteiger partial charge in [-0.1, -0.05) is 49.2 Å². The van der Waals surface area contributed by atoms with Gasteiger partial charge >= 0.3 is 5.97 Å². The third kappa shape index (κ3) is 5.62. The lowest BCUT2D eigenvalue weighted by Gasteiger charge is -2.21. The second-order valence-electron chi connectivity index (χ2n) is 6.12. The van der Waals surface area contributed by atoms with Crippen LogP contribution in [-0.2, 0) is 4.79 Å². The number of carbonyl (C=O) groups is 2. The second kappa shape index (κ2) is 9.62. The summed E-state index contributed by atoms with van der Waals surface area (Å²) in [6.45, 7) is 5.87. The highest BCUT2D eigenvalue weighted by molar-refractivity contribution is 6.34. The molecule has 0 saturated carbocycles. The summed E-state index contributed by atoms with van der Waals surface area (Å²) in [6, 6.07) is 10.5. The maximum absolute atomic E-state index is 12.7. The zero-order valence-electron chi connectivity index (χ0n) is 15.3. The molecular formula is C20H21Cl2NO4. The molecule has 0 aliphatic carbocycles. The molecule has 1 amide bonds. The third-order valence-electron chi connectivity index (χ3n) is 3.74. The van der Waals surface area contributed by atoms with Gasteiger partial charge < -0.3 is 14.8 Å². The first-order valence-electron chi connectivity index (χ1n) is 8.53. The Morgan fingerprint density at radius 1 is 1.07 bits per heavy atom. The van der Waals surface area contributed by atoms with E-state index in [0.717, 1.165) is 0 Å². The van der Waals surface area contributed by atoms with E-state index in [1.807, 2.05) is 6.92 Å². The van der Waals surface area contributed by atoms with Crippen molar-refractivity contribution in [3.05, 3.63) is 58.1 Å². The fraction of sp³-hybridized carbons (Fsp3) is 0.300. The summed E-state index contributed by atoms with van der Waals surface area (Å²) in [5, 5.41) is 3.36. The minimum Gasteiger partial charge on any atom is -0.493 e. The van der Waals surface area contributed by atoms with E-state index in [9.17, 15) is 9.59 Å². The zero-order chi connectivity index (χ0) is 20.0. The van der Waals surface area contributed by atoms with Gasteiger partial charge in [0.1, 0.15) is 11.8 Å². The van der Waals surface area contributed by atoms with Gasteiger partial charge in [0.2, 0.25) is 0 Å². The molecule has 2 aromatic rings. The van der Waals surface area contributed by atoms with Crippen molar-refractivity contribution in [2.75, 3.05) is 6.61 Å². The third-order valence-corrected chi connectivity index (χ3v) is 4.29. The first kappa shape index (κ1) is 21.1. The lowest BCUT2D eigenvalue weighted by atomic mass is 10.0. The van der Waals surface area contributed by atoms with Crippen molar-refractivity contribution in [2.45, 2.75) is 26.8 Å². The Kier molecular flexibility index (Phi) is 7.51. The van der Waals surface area contributed by atoms with Crippen LogP contribution >= 0.6 is 23.2 Å². The number of rotatable bonds is 7. The molecule has 0 fully saturated rings. The molecule has 1 N–H and O–H groups in total. The maximum atomic E-state index is 12.7. The molecule has 7 heteroatoms. The minimum atomic E-state index is -0.873. The second-order valence-corrected chi connectivity index (χ2v) is 6.96. The van der Waals surface area contributed by atoms with Crippen molar-refractivity contribution in [3.8, 4) is 11.5 Å². The van der Waals surface area contributed by atoms with Crippen molar-refractivity contribution in [1.82, 2.24) is 5.32 Å². The summed E-state index contributed by atoms with van der Waals surface area (Å²) in [7, 11) is 0. The van der Waals surface area contributed by atoms with E-state index < -0.39 is 17.9 Å². The fourth-order valence-electron chi connectivity index (χ4n) is 2.38. The SMILES string of the molecule is CCOc1ccccc1C(=O)N[C@H](C(=O)Oc1cc(Cl)ccc1Cl)C(C)C. The van der Waals surface area contributed by atoms with Gasteiger partial charge in [-0.15, -0.1) is 0 Å². The van der Waals surface area contributed by atoms with Crippen LogP contribution in [0.4, 0.5) is 0 Å². The van der Waals surface area contributed by atoms with Gasteiger partial charge in [-0.2, -0.15) is 0 Å². The van der Waals surface area contributed by atoms with Crippen LogP contribution in [0.3, 0.4) is 0 Å². The lowest BCUT2D eigenvalue weighted by molar-refractivity contribution is -0.137. The average Bonchev–Trinajstić information content (AvgIpc) is 2.63. The summed E-state index contributed by atoms with van der Waals surface area (Å²) in [5.41, 5.74) is 0.346. The van der Waals surface area contributed by atoms with Crippen LogP contribution in [0.25, 0.3) is 0 Å². The Morgan fingerprint density at radius 3 is 2.44 bits per heavy atom. The molecule has 0 radical (unpaired) electrons. The first-order chi connectivity index (χ1) is 12.8. The van der Waals surface area contributed by atoms with E-state index in [4.69, 9.17) is 32.7 Å². The number of ether oxygens (including phenoxy) is 2. The zero-order valence-corrected chi connectivity index (χ0v) is 16.8. The van der Waals surface area contributed by atoms with Gasteiger partial charge in [0.05, 0.1) is 17.2 Å². The molecule has 2 rings (SSSR count). The molecule has 0 bridgehead atoms. The van der Waals surface area contributed by atoms with Crippen LogP contribution < -0.4 is 14.8 Å². The number of halogens is 2. The number of amides is 1. The summed E-state index contributed by atoms with van der Waals surface area (Å²) in [4.78, 5) is 25.3. The van der Waals surface area contributed by atoms with E-state index in [1.54, 1.807) is 44.2 Å². The van der Waals surface area contributed by atoms with Crippen LogP contribution in [0.15, 0.2) is 42.5 Å². The summed E-state index contributed by atoms with van der Waals surface area (Å²) in [5.74, 6) is -0.669. The molecule has 0 aliphatic rings. The highest BCUT2D eigenvalue weighted by atomic mass is 35.5. The highest BCUT2D eigenvalue weighted by Gasteiger charge is 2.28. The minimum absolute atomic E-state index is 0.142. The predicted octanol–water partition coefficient (Wildman–Crippen LogP) is 4.75. The van der Waals surface area contributed by atoms with Gasteiger partial charge in [0.25, 0.3) is 5.91 Å². The number of benzene rings is 2. The van der Waals surface area contributed by atoms with Crippen LogP contribution in [0.1, 0.15) is 31.1 Å². The Morgan fingerprint density at radius 2 is 1.78 bits per heavy atom. The Bertz CT molecular complexity index is 823. The van der Waals surface area contributed by atoms with Gasteiger partial charge in [0, 0.05) is 11.1 Å². The first-order valence-corrected chi connectivity index (χ1v) is 9.28. The van der Waals surface area contributed by atoms with Gasteiger partial charge in [0.15, 0.2) is 5.75 Å². The molecule has 0 spiro atoms. The van der Waals surface area contributed by atoms with Crippen molar-refractivity contribution in [3.63, 3.8) is 0 Å². The summed E-state index contributed by atoms with van der Waals surface area (Å²) >= 11 is 12.0. The molecule has 0 aromatic heterocycles. The van der Waals surface area contributed by atoms with Crippen LogP contribution in [0, 0.1) is 5.92 Å². The van der Waals surface area contributed by atoms with E-state index in [2.05, 4.69) is 5.32 Å². The average molecular weight is 410 g/mol. The van der Waals surface area contributed by atoms with Crippen LogP contribution in [-0.4, -0.2) is 24.5 Å². The Balaban J connectivity index is 2.19. The van der Waals surface area contributed by atoms with Crippen molar-refractivity contribution in [1.29, 1.82) is 0 Å². The summed E-state index contributed by atoms with van der Waals surface area (Å²) in [6.07, 6.45) is 0. The van der Waals surface area contributed by atoms with E-state index in [-0.39, 0.29) is 16.7 Å². The van der Waals surface area contributed by atoms with Crippen molar-refractivity contribution >= 4 is 35.1 Å². The number of hydrogen-bond acceptors (Lipinski definition) is 4. The van der Waals surface area contributed by atoms with E-state index in [1.165, 1.54) is 12.1 Å². The van der Waals surface area contributed by atoms with Crippen LogP contribution in [0.2, 0.25) is 10.0 Å². The topological polar surface area (TPSA) is 64.6 Å². The highest BCUT2D eigenvalue weighted by Crippen LogP contribution is 2.28. The normalized spacial score (nSPS) is 11.8. The molecule has 2 aromatic carbocycles. The van der Waals surface area contributed by atoms with Crippen LogP contribution in [0.5, 0.6) is 11.5 Å². The number of esters is 1. The van der Waals surface area contributed by atoms with E-state index >= 15 is 0 Å². The molecule has 0 saturated heterocycles. The standard InChI is InChI=1S/C20H21Cl2NO4/c1-4-26-16-8-6-5-7-14(16)19(24)23-18(12(2)3)20(25)27-17-11-13(21)9-10-15(17)22/h5-12,18H,4H2,1-3H3,(H,23,24)/t18-/m0/s1. The smallest absolute Gasteiger partial charge is 0.334 e. The number of hydrogen-bond donors (Lipinski definition) is 1. The molecule has 27 heavy (non-hydrogen) atoms. The largest absolute Gasteiger partial charge is 0.493 e. The molecule has 0 heterocycles. The number of carbonyl (C=O) groups excluding carboxylic acids is 2. The predicted molar refractivity (Wildman–Crippen MR) is 106 cm³/mol. The molecule has 144 valence electrons. The molecule has 0 unspecified atom stereocenters. The monoisotopic (exact) mass is 409 g/mol. The Hall–Kier alpha value is -2.24. The molecule has 1 atom stereocenters.